The quantitative estimate of drug-likeness (QED) is 0.251. The van der Waals surface area contributed by atoms with Crippen molar-refractivity contribution in [3.8, 4) is 0 Å². The maximum atomic E-state index is 14.3. The lowest BCUT2D eigenvalue weighted by atomic mass is 9.95. The average Bonchev–Trinajstić information content (AvgIpc) is 3.00. The molecule has 1 aliphatic carbocycles. The minimum absolute atomic E-state index is 0.0724. The first kappa shape index (κ1) is 32.6. The summed E-state index contributed by atoms with van der Waals surface area (Å²) < 4.78 is 29.4. The van der Waals surface area contributed by atoms with Crippen LogP contribution in [0.1, 0.15) is 62.1 Å². The fraction of sp³-hybridized carbons (Fsp3) is 0.412. The number of sulfonamides is 1. The molecular formula is C34H42ClN3O4S. The molecule has 0 aliphatic heterocycles. The third kappa shape index (κ3) is 8.18. The molecule has 3 aromatic rings. The van der Waals surface area contributed by atoms with E-state index in [0.29, 0.717) is 29.1 Å². The fourth-order valence-electron chi connectivity index (χ4n) is 5.66. The zero-order valence-electron chi connectivity index (χ0n) is 25.3. The van der Waals surface area contributed by atoms with Gasteiger partial charge in [-0.2, -0.15) is 0 Å². The van der Waals surface area contributed by atoms with Crippen molar-refractivity contribution in [1.82, 2.24) is 10.2 Å². The molecule has 9 heteroatoms. The van der Waals surface area contributed by atoms with Gasteiger partial charge in [0.1, 0.15) is 12.6 Å². The molecule has 4 rings (SSSR count). The minimum Gasteiger partial charge on any atom is -0.352 e. The van der Waals surface area contributed by atoms with Crippen LogP contribution >= 0.6 is 11.6 Å². The molecule has 7 nitrogen and oxygen atoms in total. The molecule has 1 N–H and O–H groups in total. The standard InChI is InChI=1S/C34H42ClN3O4S/c1-4-31(34(40)36-28-14-9-6-10-15-28)37(23-22-27-12-7-5-8-13-27)33(39)24-38(32-17-11-16-30(35)26(32)3)43(41,42)29-20-18-25(2)19-21-29/h5,7-8,11-13,16-21,28,31H,4,6,9-10,14-15,22-24H2,1-3H3,(H,36,40). The molecule has 1 unspecified atom stereocenters. The van der Waals surface area contributed by atoms with Crippen molar-refractivity contribution in [2.24, 2.45) is 0 Å². The molecule has 1 fully saturated rings. The van der Waals surface area contributed by atoms with Crippen molar-refractivity contribution < 1.29 is 18.0 Å². The van der Waals surface area contributed by atoms with Gasteiger partial charge in [-0.3, -0.25) is 13.9 Å². The van der Waals surface area contributed by atoms with E-state index in [0.717, 1.165) is 41.1 Å². The van der Waals surface area contributed by atoms with Gasteiger partial charge in [0.25, 0.3) is 10.0 Å². The Morgan fingerprint density at radius 3 is 2.26 bits per heavy atom. The van der Waals surface area contributed by atoms with Crippen LogP contribution in [0.2, 0.25) is 5.02 Å². The number of carbonyl (C=O) groups excluding carboxylic acids is 2. The number of nitrogens with zero attached hydrogens (tertiary/aromatic N) is 2. The highest BCUT2D eigenvalue weighted by atomic mass is 35.5. The lowest BCUT2D eigenvalue weighted by molar-refractivity contribution is -0.140. The largest absolute Gasteiger partial charge is 0.352 e. The van der Waals surface area contributed by atoms with Crippen molar-refractivity contribution in [3.05, 3.63) is 94.5 Å². The third-order valence-corrected chi connectivity index (χ3v) is 10.4. The summed E-state index contributed by atoms with van der Waals surface area (Å²) in [5, 5.41) is 3.58. The van der Waals surface area contributed by atoms with Crippen molar-refractivity contribution in [2.75, 3.05) is 17.4 Å². The Hall–Kier alpha value is -3.36. The van der Waals surface area contributed by atoms with Gasteiger partial charge in [0, 0.05) is 17.6 Å². The van der Waals surface area contributed by atoms with Crippen LogP contribution in [0.4, 0.5) is 5.69 Å². The Kier molecular flexibility index (Phi) is 11.3. The van der Waals surface area contributed by atoms with E-state index in [9.17, 15) is 18.0 Å². The summed E-state index contributed by atoms with van der Waals surface area (Å²) in [4.78, 5) is 29.6. The van der Waals surface area contributed by atoms with E-state index in [4.69, 9.17) is 11.6 Å². The van der Waals surface area contributed by atoms with Gasteiger partial charge in [-0.1, -0.05) is 91.9 Å². The molecule has 1 saturated carbocycles. The lowest BCUT2D eigenvalue weighted by Gasteiger charge is -2.34. The Balaban J connectivity index is 1.70. The van der Waals surface area contributed by atoms with Crippen LogP contribution in [0.3, 0.4) is 0 Å². The molecule has 0 bridgehead atoms. The smallest absolute Gasteiger partial charge is 0.264 e. The van der Waals surface area contributed by atoms with Gasteiger partial charge in [-0.15, -0.1) is 0 Å². The molecule has 230 valence electrons. The normalized spacial score (nSPS) is 14.6. The Bertz CT molecular complexity index is 1490. The summed E-state index contributed by atoms with van der Waals surface area (Å²) in [6.45, 7) is 5.30. The number of amides is 2. The van der Waals surface area contributed by atoms with E-state index < -0.39 is 28.5 Å². The van der Waals surface area contributed by atoms with Crippen LogP contribution in [-0.2, 0) is 26.0 Å². The molecule has 1 atom stereocenters. The highest BCUT2D eigenvalue weighted by molar-refractivity contribution is 7.92. The van der Waals surface area contributed by atoms with Crippen molar-refractivity contribution in [1.29, 1.82) is 0 Å². The molecule has 0 heterocycles. The number of carbonyl (C=O) groups is 2. The Labute approximate surface area is 261 Å². The van der Waals surface area contributed by atoms with E-state index in [-0.39, 0.29) is 23.4 Å². The van der Waals surface area contributed by atoms with Gasteiger partial charge in [-0.05, 0) is 74.9 Å². The summed E-state index contributed by atoms with van der Waals surface area (Å²) in [6.07, 6.45) is 6.10. The van der Waals surface area contributed by atoms with E-state index >= 15 is 0 Å². The molecule has 43 heavy (non-hydrogen) atoms. The van der Waals surface area contributed by atoms with Crippen LogP contribution in [0, 0.1) is 13.8 Å². The molecule has 1 aliphatic rings. The van der Waals surface area contributed by atoms with Crippen LogP contribution in [0.5, 0.6) is 0 Å². The molecule has 0 radical (unpaired) electrons. The second-order valence-electron chi connectivity index (χ2n) is 11.3. The molecule has 0 saturated heterocycles. The first-order valence-electron chi connectivity index (χ1n) is 15.1. The van der Waals surface area contributed by atoms with Crippen LogP contribution in [-0.4, -0.2) is 50.3 Å². The SMILES string of the molecule is CCC(C(=O)NC1CCCCC1)N(CCc1ccccc1)C(=O)CN(c1cccc(Cl)c1C)S(=O)(=O)c1ccc(C)cc1. The minimum atomic E-state index is -4.15. The first-order chi connectivity index (χ1) is 20.6. The monoisotopic (exact) mass is 623 g/mol. The molecular weight excluding hydrogens is 582 g/mol. The van der Waals surface area contributed by atoms with Crippen molar-refractivity contribution in [2.45, 2.75) is 82.7 Å². The lowest BCUT2D eigenvalue weighted by Crippen LogP contribution is -2.54. The van der Waals surface area contributed by atoms with Gasteiger partial charge < -0.3 is 10.2 Å². The number of nitrogens with one attached hydrogen (secondary N) is 1. The van der Waals surface area contributed by atoms with Gasteiger partial charge in [0.2, 0.25) is 11.8 Å². The van der Waals surface area contributed by atoms with Gasteiger partial charge in [0.05, 0.1) is 10.6 Å². The highest BCUT2D eigenvalue weighted by Crippen LogP contribution is 2.31. The summed E-state index contributed by atoms with van der Waals surface area (Å²) in [5.41, 5.74) is 2.81. The Morgan fingerprint density at radius 1 is 0.930 bits per heavy atom. The van der Waals surface area contributed by atoms with E-state index in [1.54, 1.807) is 54.3 Å². The zero-order chi connectivity index (χ0) is 31.0. The summed E-state index contributed by atoms with van der Waals surface area (Å²) in [6, 6.07) is 20.7. The topological polar surface area (TPSA) is 86.8 Å². The van der Waals surface area contributed by atoms with Crippen LogP contribution in [0.25, 0.3) is 0 Å². The predicted octanol–water partition coefficient (Wildman–Crippen LogP) is 6.45. The number of hydrogen-bond donors (Lipinski definition) is 1. The van der Waals surface area contributed by atoms with Crippen LogP contribution < -0.4 is 9.62 Å². The first-order valence-corrected chi connectivity index (χ1v) is 16.9. The average molecular weight is 624 g/mol. The summed E-state index contributed by atoms with van der Waals surface area (Å²) in [7, 11) is -4.15. The van der Waals surface area contributed by atoms with E-state index in [1.165, 1.54) is 6.42 Å². The number of hydrogen-bond acceptors (Lipinski definition) is 4. The zero-order valence-corrected chi connectivity index (χ0v) is 26.8. The molecule has 3 aromatic carbocycles. The number of anilines is 1. The number of aryl methyl sites for hydroxylation is 1. The maximum absolute atomic E-state index is 14.3. The number of benzene rings is 3. The second kappa shape index (κ2) is 14.9. The Morgan fingerprint density at radius 2 is 1.60 bits per heavy atom. The highest BCUT2D eigenvalue weighted by Gasteiger charge is 2.34. The van der Waals surface area contributed by atoms with Crippen molar-refractivity contribution in [3.63, 3.8) is 0 Å². The van der Waals surface area contributed by atoms with Gasteiger partial charge in [0.15, 0.2) is 0 Å². The van der Waals surface area contributed by atoms with Crippen LogP contribution in [0.15, 0.2) is 77.7 Å². The second-order valence-corrected chi connectivity index (χ2v) is 13.6. The molecule has 0 aromatic heterocycles. The summed E-state index contributed by atoms with van der Waals surface area (Å²) >= 11 is 6.43. The molecule has 2 amide bonds. The van der Waals surface area contributed by atoms with Crippen molar-refractivity contribution >= 4 is 39.1 Å². The fourth-order valence-corrected chi connectivity index (χ4v) is 7.30. The number of rotatable bonds is 12. The molecule has 0 spiro atoms. The predicted molar refractivity (Wildman–Crippen MR) is 173 cm³/mol. The van der Waals surface area contributed by atoms with Gasteiger partial charge >= 0.3 is 0 Å². The third-order valence-electron chi connectivity index (χ3n) is 8.22. The maximum Gasteiger partial charge on any atom is 0.264 e. The number of halogens is 1. The van der Waals surface area contributed by atoms with Gasteiger partial charge in [-0.25, -0.2) is 8.42 Å². The van der Waals surface area contributed by atoms with E-state index in [1.807, 2.05) is 44.2 Å². The summed E-state index contributed by atoms with van der Waals surface area (Å²) in [5.74, 6) is -0.640. The van der Waals surface area contributed by atoms with E-state index in [2.05, 4.69) is 5.32 Å².